The minimum absolute atomic E-state index is 0.000446. The smallest absolute Gasteiger partial charge is 0.270 e. The topological polar surface area (TPSA) is 63.7 Å². The second-order valence-electron chi connectivity index (χ2n) is 4.67. The number of methoxy groups -OCH3 is 1. The summed E-state index contributed by atoms with van der Waals surface area (Å²) in [4.78, 5) is 12.2. The van der Waals surface area contributed by atoms with E-state index in [0.717, 1.165) is 4.31 Å². The maximum Gasteiger partial charge on any atom is 0.270 e. The van der Waals surface area contributed by atoms with Crippen molar-refractivity contribution in [3.63, 3.8) is 0 Å². The molecule has 7 heteroatoms. The third-order valence-electron chi connectivity index (χ3n) is 3.19. The average Bonchev–Trinajstić information content (AvgIpc) is 2.55. The van der Waals surface area contributed by atoms with Gasteiger partial charge in [-0.15, -0.1) is 0 Å². The number of anilines is 1. The summed E-state index contributed by atoms with van der Waals surface area (Å²) in [7, 11) is -2.51. The van der Waals surface area contributed by atoms with Gasteiger partial charge in [-0.3, -0.25) is 4.79 Å². The van der Waals surface area contributed by atoms with E-state index in [-0.39, 0.29) is 17.0 Å². The molecule has 0 bridgehead atoms. The van der Waals surface area contributed by atoms with Gasteiger partial charge in [-0.1, -0.05) is 18.5 Å². The van der Waals surface area contributed by atoms with E-state index in [9.17, 15) is 13.2 Å². The molecule has 2 rings (SSSR count). The van der Waals surface area contributed by atoms with Gasteiger partial charge in [-0.05, 0) is 48.5 Å². The maximum absolute atomic E-state index is 12.8. The molecule has 2 aromatic rings. The van der Waals surface area contributed by atoms with Crippen LogP contribution in [0.5, 0.6) is 5.75 Å². The predicted molar refractivity (Wildman–Crippen MR) is 89.4 cm³/mol. The first-order valence-electron chi connectivity index (χ1n) is 6.88. The largest absolute Gasteiger partial charge is 0.497 e. The fourth-order valence-electron chi connectivity index (χ4n) is 1.99. The van der Waals surface area contributed by atoms with Crippen molar-refractivity contribution in [2.24, 2.45) is 0 Å². The van der Waals surface area contributed by atoms with Crippen LogP contribution in [0.4, 0.5) is 5.69 Å². The van der Waals surface area contributed by atoms with Crippen LogP contribution in [0.15, 0.2) is 53.4 Å². The predicted octanol–water partition coefficient (Wildman–Crippen LogP) is 3.48. The highest BCUT2D eigenvalue weighted by atomic mass is 35.5. The van der Waals surface area contributed by atoms with Crippen molar-refractivity contribution >= 4 is 33.2 Å². The first-order chi connectivity index (χ1) is 10.9. The third kappa shape index (κ3) is 3.65. The van der Waals surface area contributed by atoms with Crippen molar-refractivity contribution in [3.8, 4) is 5.75 Å². The highest BCUT2D eigenvalue weighted by molar-refractivity contribution is 7.93. The van der Waals surface area contributed by atoms with E-state index in [2.05, 4.69) is 0 Å². The molecule has 0 aliphatic heterocycles. The van der Waals surface area contributed by atoms with Crippen LogP contribution in [0.1, 0.15) is 13.3 Å². The summed E-state index contributed by atoms with van der Waals surface area (Å²) in [5.74, 6) is 0.0478. The van der Waals surface area contributed by atoms with Crippen LogP contribution in [0, 0.1) is 0 Å². The number of nitrogens with zero attached hydrogens (tertiary/aromatic N) is 1. The van der Waals surface area contributed by atoms with Gasteiger partial charge in [0.2, 0.25) is 5.91 Å². The van der Waals surface area contributed by atoms with E-state index in [4.69, 9.17) is 16.3 Å². The van der Waals surface area contributed by atoms with Crippen LogP contribution in [0.25, 0.3) is 0 Å². The van der Waals surface area contributed by atoms with Crippen LogP contribution in [0.2, 0.25) is 5.02 Å². The molecule has 0 atom stereocenters. The molecule has 0 radical (unpaired) electrons. The third-order valence-corrected chi connectivity index (χ3v) is 5.20. The highest BCUT2D eigenvalue weighted by Crippen LogP contribution is 2.27. The minimum Gasteiger partial charge on any atom is -0.497 e. The standard InChI is InChI=1S/C16H16ClNO4S/c1-3-16(19)18(13-6-8-14(22-2)9-7-13)23(20,21)15-10-4-12(17)5-11-15/h4-11H,3H2,1-2H3. The van der Waals surface area contributed by atoms with Crippen LogP contribution >= 0.6 is 11.6 Å². The Labute approximate surface area is 140 Å². The average molecular weight is 354 g/mol. The zero-order chi connectivity index (χ0) is 17.0. The van der Waals surface area contributed by atoms with E-state index in [1.165, 1.54) is 43.5 Å². The molecular weight excluding hydrogens is 338 g/mol. The van der Waals surface area contributed by atoms with Gasteiger partial charge in [-0.25, -0.2) is 12.7 Å². The Kier molecular flexibility index (Phi) is 5.28. The van der Waals surface area contributed by atoms with E-state index < -0.39 is 15.9 Å². The monoisotopic (exact) mass is 353 g/mol. The van der Waals surface area contributed by atoms with E-state index in [0.29, 0.717) is 10.8 Å². The lowest BCUT2D eigenvalue weighted by atomic mass is 10.3. The van der Waals surface area contributed by atoms with E-state index >= 15 is 0 Å². The lowest BCUT2D eigenvalue weighted by molar-refractivity contribution is -0.117. The molecule has 0 aliphatic carbocycles. The Balaban J connectivity index is 2.53. The molecule has 1 amide bonds. The first kappa shape index (κ1) is 17.3. The second kappa shape index (κ2) is 7.02. The second-order valence-corrected chi connectivity index (χ2v) is 6.89. The summed E-state index contributed by atoms with van der Waals surface area (Å²) in [6.45, 7) is 1.61. The fraction of sp³-hybridized carbons (Fsp3) is 0.188. The fourth-order valence-corrected chi connectivity index (χ4v) is 3.60. The molecule has 0 aromatic heterocycles. The molecule has 0 spiro atoms. The van der Waals surface area contributed by atoms with Gasteiger partial charge >= 0.3 is 0 Å². The zero-order valence-electron chi connectivity index (χ0n) is 12.7. The Morgan fingerprint density at radius 1 is 1.09 bits per heavy atom. The van der Waals surface area contributed by atoms with Crippen molar-refractivity contribution in [1.29, 1.82) is 0 Å². The molecule has 0 fully saturated rings. The molecule has 0 N–H and O–H groups in total. The van der Waals surface area contributed by atoms with E-state index in [1.807, 2.05) is 0 Å². The van der Waals surface area contributed by atoms with Crippen molar-refractivity contribution in [1.82, 2.24) is 0 Å². The van der Waals surface area contributed by atoms with Crippen LogP contribution in [-0.2, 0) is 14.8 Å². The summed E-state index contributed by atoms with van der Waals surface area (Å²) < 4.78 is 31.5. The number of hydrogen-bond acceptors (Lipinski definition) is 4. The number of benzene rings is 2. The number of ether oxygens (including phenoxy) is 1. The van der Waals surface area contributed by atoms with E-state index in [1.54, 1.807) is 19.1 Å². The molecule has 0 aliphatic rings. The zero-order valence-corrected chi connectivity index (χ0v) is 14.3. The normalized spacial score (nSPS) is 11.1. The summed E-state index contributed by atoms with van der Waals surface area (Å²) in [6.07, 6.45) is 0.0544. The first-order valence-corrected chi connectivity index (χ1v) is 8.69. The lowest BCUT2D eigenvalue weighted by Crippen LogP contribution is -2.36. The quantitative estimate of drug-likeness (QED) is 0.825. The maximum atomic E-state index is 12.8. The molecule has 5 nitrogen and oxygen atoms in total. The molecule has 0 unspecified atom stereocenters. The summed E-state index contributed by atoms with van der Waals surface area (Å²) in [5, 5.41) is 0.418. The number of rotatable bonds is 5. The molecule has 2 aromatic carbocycles. The number of carbonyl (C=O) groups is 1. The van der Waals surface area contributed by atoms with Gasteiger partial charge < -0.3 is 4.74 Å². The van der Waals surface area contributed by atoms with Gasteiger partial charge in [0.05, 0.1) is 17.7 Å². The summed E-state index contributed by atoms with van der Waals surface area (Å²) in [6, 6.07) is 11.9. The Morgan fingerprint density at radius 2 is 1.65 bits per heavy atom. The summed E-state index contributed by atoms with van der Waals surface area (Å²) >= 11 is 5.79. The van der Waals surface area contributed by atoms with Crippen molar-refractivity contribution in [2.45, 2.75) is 18.2 Å². The number of halogens is 1. The molecule has 0 saturated heterocycles. The molecule has 0 saturated carbocycles. The van der Waals surface area contributed by atoms with Gasteiger partial charge in [0, 0.05) is 11.4 Å². The number of sulfonamides is 1. The Morgan fingerprint density at radius 3 is 2.13 bits per heavy atom. The highest BCUT2D eigenvalue weighted by Gasteiger charge is 2.29. The Bertz CT molecular complexity index is 786. The Hall–Kier alpha value is -2.05. The molecule has 122 valence electrons. The van der Waals surface area contributed by atoms with Crippen LogP contribution in [-0.4, -0.2) is 21.4 Å². The van der Waals surface area contributed by atoms with Crippen molar-refractivity contribution in [2.75, 3.05) is 11.4 Å². The van der Waals surface area contributed by atoms with Gasteiger partial charge in [-0.2, -0.15) is 0 Å². The van der Waals surface area contributed by atoms with Crippen LogP contribution < -0.4 is 9.04 Å². The van der Waals surface area contributed by atoms with Gasteiger partial charge in [0.1, 0.15) is 5.75 Å². The minimum atomic E-state index is -4.02. The van der Waals surface area contributed by atoms with Crippen molar-refractivity contribution in [3.05, 3.63) is 53.6 Å². The van der Waals surface area contributed by atoms with Crippen molar-refractivity contribution < 1.29 is 17.9 Å². The van der Waals surface area contributed by atoms with Gasteiger partial charge in [0.15, 0.2) is 0 Å². The lowest BCUT2D eigenvalue weighted by Gasteiger charge is -2.22. The number of hydrogen-bond donors (Lipinski definition) is 0. The van der Waals surface area contributed by atoms with Gasteiger partial charge in [0.25, 0.3) is 10.0 Å². The molecule has 0 heterocycles. The molecular formula is C16H16ClNO4S. The number of carbonyl (C=O) groups excluding carboxylic acids is 1. The summed E-state index contributed by atoms with van der Waals surface area (Å²) in [5.41, 5.74) is 0.257. The SMILES string of the molecule is CCC(=O)N(c1ccc(OC)cc1)S(=O)(=O)c1ccc(Cl)cc1. The molecule has 23 heavy (non-hydrogen) atoms. The van der Waals surface area contributed by atoms with Crippen LogP contribution in [0.3, 0.4) is 0 Å². The number of amides is 1.